The summed E-state index contributed by atoms with van der Waals surface area (Å²) in [5, 5.41) is 4.18. The van der Waals surface area contributed by atoms with Gasteiger partial charge >= 0.3 is 0 Å². The number of rotatable bonds is 12. The first-order valence-corrected chi connectivity index (χ1v) is 10.9. The van der Waals surface area contributed by atoms with E-state index in [1.807, 2.05) is 49.4 Å². The topological polar surface area (TPSA) is 40.0 Å². The van der Waals surface area contributed by atoms with Crippen LogP contribution in [0.3, 0.4) is 0 Å². The van der Waals surface area contributed by atoms with Gasteiger partial charge in [0.05, 0.1) is 12.3 Å². The highest BCUT2D eigenvalue weighted by atomic mass is 35.5. The molecule has 6 heteroatoms. The lowest BCUT2D eigenvalue weighted by Gasteiger charge is -2.17. The van der Waals surface area contributed by atoms with E-state index in [2.05, 4.69) is 19.0 Å². The Morgan fingerprint density at radius 2 is 1.63 bits per heavy atom. The van der Waals surface area contributed by atoms with Crippen molar-refractivity contribution in [1.29, 1.82) is 0 Å². The second-order valence-corrected chi connectivity index (χ2v) is 7.67. The van der Waals surface area contributed by atoms with Gasteiger partial charge in [-0.15, -0.1) is 0 Å². The average Bonchev–Trinajstić information content (AvgIpc) is 2.76. The Kier molecular flexibility index (Phi) is 10.6. The summed E-state index contributed by atoms with van der Waals surface area (Å²) in [5.74, 6) is 1.72. The van der Waals surface area contributed by atoms with E-state index in [1.54, 1.807) is 6.08 Å². The molecule has 4 nitrogen and oxygen atoms in total. The van der Waals surface area contributed by atoms with Crippen molar-refractivity contribution in [2.24, 2.45) is 5.16 Å². The van der Waals surface area contributed by atoms with Crippen LogP contribution in [0.4, 0.5) is 0 Å². The van der Waals surface area contributed by atoms with Gasteiger partial charge in [0.25, 0.3) is 0 Å². The molecule has 30 heavy (non-hydrogen) atoms. The zero-order valence-corrected chi connectivity index (χ0v) is 19.3. The molecule has 162 valence electrons. The first kappa shape index (κ1) is 24.1. The van der Waals surface area contributed by atoms with Crippen LogP contribution in [0, 0.1) is 0 Å². The Labute approximate surface area is 189 Å². The highest BCUT2D eigenvalue weighted by Gasteiger charge is 2.11. The molecular weight excluding hydrogens is 421 g/mol. The highest BCUT2D eigenvalue weighted by Crippen LogP contribution is 2.31. The largest absolute Gasteiger partial charge is 0.493 e. The van der Waals surface area contributed by atoms with Crippen molar-refractivity contribution in [2.45, 2.75) is 40.0 Å². The molecule has 0 aliphatic carbocycles. The molecule has 0 saturated carbocycles. The molecule has 0 N–H and O–H groups in total. The van der Waals surface area contributed by atoms with Gasteiger partial charge in [0.1, 0.15) is 29.2 Å². The molecule has 2 rings (SSSR count). The molecule has 2 aromatic rings. The maximum absolute atomic E-state index is 6.10. The Balaban J connectivity index is 1.88. The first-order valence-electron chi connectivity index (χ1n) is 10.2. The molecule has 2 aromatic carbocycles. The normalized spacial score (nSPS) is 11.2. The number of hydrogen-bond donors (Lipinski definition) is 0. The van der Waals surface area contributed by atoms with Crippen molar-refractivity contribution in [3.8, 4) is 11.5 Å². The van der Waals surface area contributed by atoms with Gasteiger partial charge in [0.15, 0.2) is 0 Å². The fraction of sp³-hybridized carbons (Fsp3) is 0.375. The average molecular weight is 450 g/mol. The van der Waals surface area contributed by atoms with Crippen molar-refractivity contribution in [3.05, 3.63) is 69.7 Å². The summed E-state index contributed by atoms with van der Waals surface area (Å²) in [5.41, 5.74) is 4.15. The molecule has 0 spiro atoms. The lowest BCUT2D eigenvalue weighted by atomic mass is 10.0. The molecule has 0 heterocycles. The summed E-state index contributed by atoms with van der Waals surface area (Å²) >= 11 is 11.3. The fourth-order valence-corrected chi connectivity index (χ4v) is 3.02. The maximum atomic E-state index is 6.10. The minimum absolute atomic E-state index is 0.201. The molecule has 0 unspecified atom stereocenters. The van der Waals surface area contributed by atoms with Gasteiger partial charge in [-0.1, -0.05) is 72.5 Å². The van der Waals surface area contributed by atoms with E-state index >= 15 is 0 Å². The van der Waals surface area contributed by atoms with Crippen molar-refractivity contribution < 1.29 is 14.3 Å². The van der Waals surface area contributed by atoms with Crippen LogP contribution in [-0.2, 0) is 17.7 Å². The van der Waals surface area contributed by atoms with Crippen LogP contribution in [0.1, 0.15) is 43.9 Å². The van der Waals surface area contributed by atoms with Gasteiger partial charge in [-0.25, -0.2) is 0 Å². The van der Waals surface area contributed by atoms with Gasteiger partial charge in [0, 0.05) is 6.42 Å². The lowest BCUT2D eigenvalue weighted by Crippen LogP contribution is -2.07. The minimum Gasteiger partial charge on any atom is -0.493 e. The Bertz CT molecular complexity index is 822. The van der Waals surface area contributed by atoms with Gasteiger partial charge in [-0.05, 0) is 54.7 Å². The zero-order valence-electron chi connectivity index (χ0n) is 17.8. The Hall–Kier alpha value is -2.17. The summed E-state index contributed by atoms with van der Waals surface area (Å²) < 4.78 is 12.0. The molecule has 0 aliphatic heterocycles. The molecule has 0 radical (unpaired) electrons. The first-order chi connectivity index (χ1) is 14.5. The number of aryl methyl sites for hydroxylation is 2. The number of ether oxygens (including phenoxy) is 2. The quantitative estimate of drug-likeness (QED) is 0.205. The molecule has 0 aromatic heterocycles. The van der Waals surface area contributed by atoms with E-state index in [-0.39, 0.29) is 4.49 Å². The summed E-state index contributed by atoms with van der Waals surface area (Å²) in [6.45, 7) is 7.53. The maximum Gasteiger partial charge on any atom is 0.125 e. The van der Waals surface area contributed by atoms with E-state index in [1.165, 1.54) is 0 Å². The van der Waals surface area contributed by atoms with Crippen molar-refractivity contribution in [1.82, 2.24) is 0 Å². The standard InChI is InChI=1S/C24H29Cl2NO3/c1-4-19-16-22(28-15-12-23(25)26)17-20(5-2)24(19)29-13-9-14-30-27-18(3)21-10-7-6-8-11-21/h6-8,10-12,16-17H,4-5,9,13-15H2,1-3H3. The Morgan fingerprint density at radius 3 is 2.23 bits per heavy atom. The number of halogens is 2. The fourth-order valence-electron chi connectivity index (χ4n) is 2.89. The second-order valence-electron chi connectivity index (χ2n) is 6.66. The van der Waals surface area contributed by atoms with E-state index in [4.69, 9.17) is 37.5 Å². The Morgan fingerprint density at radius 1 is 0.967 bits per heavy atom. The van der Waals surface area contributed by atoms with E-state index in [9.17, 15) is 0 Å². The summed E-state index contributed by atoms with van der Waals surface area (Å²) in [6.07, 6.45) is 4.06. The summed E-state index contributed by atoms with van der Waals surface area (Å²) in [4.78, 5) is 5.44. The molecular formula is C24H29Cl2NO3. The van der Waals surface area contributed by atoms with Crippen LogP contribution in [0.2, 0.25) is 0 Å². The molecule has 0 atom stereocenters. The smallest absolute Gasteiger partial charge is 0.125 e. The van der Waals surface area contributed by atoms with Crippen LogP contribution in [0.15, 0.2) is 58.2 Å². The zero-order chi connectivity index (χ0) is 21.8. The second kappa shape index (κ2) is 13.2. The van der Waals surface area contributed by atoms with Gasteiger partial charge in [0.2, 0.25) is 0 Å². The van der Waals surface area contributed by atoms with E-state index < -0.39 is 0 Å². The summed E-state index contributed by atoms with van der Waals surface area (Å²) in [6, 6.07) is 14.0. The number of oxime groups is 1. The monoisotopic (exact) mass is 449 g/mol. The van der Waals surface area contributed by atoms with Crippen LogP contribution < -0.4 is 9.47 Å². The highest BCUT2D eigenvalue weighted by molar-refractivity contribution is 6.55. The SMILES string of the molecule is CCc1cc(OCC=C(Cl)Cl)cc(CC)c1OCCCON=C(C)c1ccccc1. The lowest BCUT2D eigenvalue weighted by molar-refractivity contribution is 0.127. The van der Waals surface area contributed by atoms with Gasteiger partial charge in [-0.2, -0.15) is 0 Å². The molecule has 0 bridgehead atoms. The molecule has 0 aliphatic rings. The molecule has 0 fully saturated rings. The molecule has 0 amide bonds. The van der Waals surface area contributed by atoms with Crippen molar-refractivity contribution in [3.63, 3.8) is 0 Å². The third-order valence-electron chi connectivity index (χ3n) is 4.49. The van der Waals surface area contributed by atoms with Crippen molar-refractivity contribution >= 4 is 28.9 Å². The predicted molar refractivity (Wildman–Crippen MR) is 125 cm³/mol. The number of hydrogen-bond acceptors (Lipinski definition) is 4. The van der Waals surface area contributed by atoms with Crippen LogP contribution in [0.25, 0.3) is 0 Å². The minimum atomic E-state index is 0.201. The molecule has 0 saturated heterocycles. The third kappa shape index (κ3) is 7.92. The summed E-state index contributed by atoms with van der Waals surface area (Å²) in [7, 11) is 0. The van der Waals surface area contributed by atoms with Crippen LogP contribution in [0.5, 0.6) is 11.5 Å². The van der Waals surface area contributed by atoms with Crippen LogP contribution >= 0.6 is 23.2 Å². The van der Waals surface area contributed by atoms with E-state index in [0.29, 0.717) is 19.8 Å². The third-order valence-corrected chi connectivity index (χ3v) is 4.79. The van der Waals surface area contributed by atoms with Gasteiger partial charge in [-0.3, -0.25) is 0 Å². The van der Waals surface area contributed by atoms with Crippen molar-refractivity contribution in [2.75, 3.05) is 19.8 Å². The van der Waals surface area contributed by atoms with Gasteiger partial charge < -0.3 is 14.3 Å². The predicted octanol–water partition coefficient (Wildman–Crippen LogP) is 6.72. The van der Waals surface area contributed by atoms with Crippen LogP contribution in [-0.4, -0.2) is 25.5 Å². The number of nitrogens with zero attached hydrogens (tertiary/aromatic N) is 1. The number of benzene rings is 2. The van der Waals surface area contributed by atoms with E-state index in [0.717, 1.165) is 53.2 Å².